The predicted molar refractivity (Wildman–Crippen MR) is 45.2 cm³/mol. The van der Waals surface area contributed by atoms with Crippen LogP contribution in [0.1, 0.15) is 11.1 Å². The molecule has 0 bridgehead atoms. The maximum atomic E-state index is 12.9. The van der Waals surface area contributed by atoms with Gasteiger partial charge in [0.2, 0.25) is 0 Å². The van der Waals surface area contributed by atoms with Crippen LogP contribution in [-0.2, 0) is 6.42 Å². The zero-order valence-corrected chi connectivity index (χ0v) is 7.08. The lowest BCUT2D eigenvalue weighted by atomic mass is 10.1. The molecule has 0 aliphatic rings. The normalized spacial score (nSPS) is 10.2. The predicted octanol–water partition coefficient (Wildman–Crippen LogP) is 3.16. The molecule has 0 amide bonds. The van der Waals surface area contributed by atoms with Gasteiger partial charge in [-0.05, 0) is 31.9 Å². The minimum atomic E-state index is -0.268. The summed E-state index contributed by atoms with van der Waals surface area (Å²) in [6.45, 7) is 5.44. The lowest BCUT2D eigenvalue weighted by Gasteiger charge is -2.04. The second-order valence-corrected chi connectivity index (χ2v) is 2.78. The second kappa shape index (κ2) is 3.22. The average Bonchev–Trinajstić information content (AvgIpc) is 1.99. The third kappa shape index (κ3) is 1.54. The Hall–Kier alpha value is -0.560. The van der Waals surface area contributed by atoms with Gasteiger partial charge in [0, 0.05) is 10.6 Å². The molecule has 1 aromatic rings. The van der Waals surface area contributed by atoms with Crippen LogP contribution < -0.4 is 0 Å². The van der Waals surface area contributed by atoms with Crippen LogP contribution in [0.5, 0.6) is 0 Å². The summed E-state index contributed by atoms with van der Waals surface area (Å²) >= 11 is 5.82. The number of hydrogen-bond acceptors (Lipinski definition) is 0. The van der Waals surface area contributed by atoms with Gasteiger partial charge in [-0.3, -0.25) is 0 Å². The van der Waals surface area contributed by atoms with Gasteiger partial charge < -0.3 is 0 Å². The zero-order valence-electron chi connectivity index (χ0n) is 6.32. The van der Waals surface area contributed by atoms with Crippen LogP contribution in [-0.4, -0.2) is 0 Å². The quantitative estimate of drug-likeness (QED) is 0.609. The summed E-state index contributed by atoms with van der Waals surface area (Å²) < 4.78 is 12.9. The Labute approximate surface area is 71.0 Å². The molecular weight excluding hydrogens is 163 g/mol. The molecule has 0 atom stereocenters. The third-order valence-corrected chi connectivity index (χ3v) is 2.16. The first kappa shape index (κ1) is 8.54. The zero-order chi connectivity index (χ0) is 8.43. The Morgan fingerprint density at radius 2 is 2.18 bits per heavy atom. The summed E-state index contributed by atoms with van der Waals surface area (Å²) in [5.74, 6) is -0.268. The van der Waals surface area contributed by atoms with Gasteiger partial charge in [0.05, 0.1) is 0 Å². The molecule has 0 aromatic heterocycles. The molecule has 11 heavy (non-hydrogen) atoms. The van der Waals surface area contributed by atoms with Crippen molar-refractivity contribution in [3.05, 3.63) is 41.0 Å². The number of halogens is 2. The van der Waals surface area contributed by atoms with E-state index in [2.05, 4.69) is 6.92 Å². The fourth-order valence-electron chi connectivity index (χ4n) is 0.944. The van der Waals surface area contributed by atoms with E-state index in [1.807, 2.05) is 6.92 Å². The van der Waals surface area contributed by atoms with Gasteiger partial charge in [0.25, 0.3) is 0 Å². The molecule has 0 nitrogen and oxygen atoms in total. The summed E-state index contributed by atoms with van der Waals surface area (Å²) in [5.41, 5.74) is 1.40. The van der Waals surface area contributed by atoms with Gasteiger partial charge in [-0.25, -0.2) is 4.39 Å². The highest BCUT2D eigenvalue weighted by Crippen LogP contribution is 2.23. The van der Waals surface area contributed by atoms with E-state index in [1.54, 1.807) is 6.07 Å². The fourth-order valence-corrected chi connectivity index (χ4v) is 1.19. The van der Waals surface area contributed by atoms with Gasteiger partial charge in [0.1, 0.15) is 5.82 Å². The van der Waals surface area contributed by atoms with Crippen LogP contribution in [0.2, 0.25) is 5.02 Å². The van der Waals surface area contributed by atoms with E-state index in [-0.39, 0.29) is 5.82 Å². The lowest BCUT2D eigenvalue weighted by molar-refractivity contribution is 0.614. The lowest BCUT2D eigenvalue weighted by Crippen LogP contribution is -1.91. The highest BCUT2D eigenvalue weighted by atomic mass is 35.5. The molecule has 0 fully saturated rings. The Kier molecular flexibility index (Phi) is 2.50. The number of benzene rings is 1. The van der Waals surface area contributed by atoms with Crippen molar-refractivity contribution in [2.24, 2.45) is 0 Å². The van der Waals surface area contributed by atoms with E-state index in [0.29, 0.717) is 17.0 Å². The number of hydrogen-bond donors (Lipinski definition) is 0. The molecule has 0 spiro atoms. The van der Waals surface area contributed by atoms with Crippen molar-refractivity contribution in [2.45, 2.75) is 13.3 Å². The number of rotatable bonds is 1. The molecule has 0 unspecified atom stereocenters. The van der Waals surface area contributed by atoms with Gasteiger partial charge in [-0.1, -0.05) is 17.7 Å². The van der Waals surface area contributed by atoms with Crippen LogP contribution >= 0.6 is 11.6 Å². The summed E-state index contributed by atoms with van der Waals surface area (Å²) in [7, 11) is 0. The minimum Gasteiger partial charge on any atom is -0.207 e. The monoisotopic (exact) mass is 171 g/mol. The molecule has 0 N–H and O–H groups in total. The van der Waals surface area contributed by atoms with Gasteiger partial charge >= 0.3 is 0 Å². The van der Waals surface area contributed by atoms with Crippen LogP contribution in [0.4, 0.5) is 4.39 Å². The van der Waals surface area contributed by atoms with Crippen LogP contribution in [0.25, 0.3) is 0 Å². The van der Waals surface area contributed by atoms with Crippen molar-refractivity contribution in [3.8, 4) is 0 Å². The Balaban J connectivity index is 3.29. The molecule has 1 radical (unpaired) electrons. The molecular formula is C9H9ClF. The van der Waals surface area contributed by atoms with Crippen LogP contribution in [0.3, 0.4) is 0 Å². The van der Waals surface area contributed by atoms with Crippen molar-refractivity contribution in [1.29, 1.82) is 0 Å². The standard InChI is InChI=1S/C9H9ClF/c1-3-7-8(11)5-4-6(2)9(7)10/h4-5H,1,3H2,2H3. The highest BCUT2D eigenvalue weighted by molar-refractivity contribution is 6.32. The molecule has 1 rings (SSSR count). The molecule has 2 heteroatoms. The maximum Gasteiger partial charge on any atom is 0.127 e. The molecule has 0 aliphatic heterocycles. The maximum absolute atomic E-state index is 12.9. The minimum absolute atomic E-state index is 0.268. The molecule has 59 valence electrons. The van der Waals surface area contributed by atoms with Crippen LogP contribution in [0, 0.1) is 19.7 Å². The van der Waals surface area contributed by atoms with Crippen molar-refractivity contribution in [3.63, 3.8) is 0 Å². The Morgan fingerprint density at radius 3 is 2.64 bits per heavy atom. The second-order valence-electron chi connectivity index (χ2n) is 2.41. The summed E-state index contributed by atoms with van der Waals surface area (Å²) in [5, 5.41) is 0.500. The summed E-state index contributed by atoms with van der Waals surface area (Å²) in [6, 6.07) is 3.08. The van der Waals surface area contributed by atoms with E-state index >= 15 is 0 Å². The van der Waals surface area contributed by atoms with Crippen molar-refractivity contribution in [2.75, 3.05) is 0 Å². The largest absolute Gasteiger partial charge is 0.207 e. The molecule has 0 saturated heterocycles. The molecule has 0 saturated carbocycles. The van der Waals surface area contributed by atoms with E-state index in [4.69, 9.17) is 11.6 Å². The SMILES string of the molecule is [CH2]Cc1c(F)ccc(C)c1Cl. The average molecular weight is 172 g/mol. The first-order valence-corrected chi connectivity index (χ1v) is 3.77. The Bertz CT molecular complexity index is 269. The first-order valence-electron chi connectivity index (χ1n) is 3.39. The topological polar surface area (TPSA) is 0 Å². The first-order chi connectivity index (χ1) is 5.16. The molecule has 0 heterocycles. The van der Waals surface area contributed by atoms with Gasteiger partial charge in [-0.15, -0.1) is 0 Å². The molecule has 0 aliphatic carbocycles. The summed E-state index contributed by atoms with van der Waals surface area (Å²) in [6.07, 6.45) is 0.395. The fraction of sp³-hybridized carbons (Fsp3) is 0.222. The molecule has 1 aromatic carbocycles. The highest BCUT2D eigenvalue weighted by Gasteiger charge is 2.06. The summed E-state index contributed by atoms with van der Waals surface area (Å²) in [4.78, 5) is 0. The van der Waals surface area contributed by atoms with Gasteiger partial charge in [0.15, 0.2) is 0 Å². The van der Waals surface area contributed by atoms with E-state index in [1.165, 1.54) is 6.07 Å². The van der Waals surface area contributed by atoms with Gasteiger partial charge in [-0.2, -0.15) is 0 Å². The smallest absolute Gasteiger partial charge is 0.127 e. The number of aryl methyl sites for hydroxylation is 1. The van der Waals surface area contributed by atoms with E-state index in [9.17, 15) is 4.39 Å². The van der Waals surface area contributed by atoms with E-state index < -0.39 is 0 Å². The third-order valence-electron chi connectivity index (χ3n) is 1.63. The van der Waals surface area contributed by atoms with Crippen LogP contribution in [0.15, 0.2) is 12.1 Å². The van der Waals surface area contributed by atoms with Crippen molar-refractivity contribution < 1.29 is 4.39 Å². The van der Waals surface area contributed by atoms with Crippen molar-refractivity contribution >= 4 is 11.6 Å². The van der Waals surface area contributed by atoms with Crippen molar-refractivity contribution in [1.82, 2.24) is 0 Å². The van der Waals surface area contributed by atoms with E-state index in [0.717, 1.165) is 5.56 Å². The Morgan fingerprint density at radius 1 is 1.55 bits per heavy atom.